The molecule has 0 saturated carbocycles. The van der Waals surface area contributed by atoms with Crippen molar-refractivity contribution in [3.8, 4) is 0 Å². The van der Waals surface area contributed by atoms with E-state index in [0.717, 1.165) is 13.0 Å². The van der Waals surface area contributed by atoms with Gasteiger partial charge in [0.25, 0.3) is 0 Å². The second-order valence-electron chi connectivity index (χ2n) is 4.75. The predicted molar refractivity (Wildman–Crippen MR) is 77.5 cm³/mol. The fraction of sp³-hybridized carbons (Fsp3) is 0.500. The minimum absolute atomic E-state index is 0.0890. The Morgan fingerprint density at radius 2 is 2.05 bits per heavy atom. The third-order valence-corrected chi connectivity index (χ3v) is 5.92. The van der Waals surface area contributed by atoms with E-state index in [1.165, 1.54) is 0 Å². The average molecular weight is 323 g/mol. The molecule has 2 N–H and O–H groups in total. The lowest BCUT2D eigenvalue weighted by Crippen LogP contribution is -2.36. The second-order valence-corrected chi connectivity index (χ2v) is 7.19. The summed E-state index contributed by atoms with van der Waals surface area (Å²) in [7, 11) is -3.66. The molecule has 1 aliphatic heterocycles. The predicted octanol–water partition coefficient (Wildman–Crippen LogP) is 2.25. The van der Waals surface area contributed by atoms with Gasteiger partial charge in [0.2, 0.25) is 10.0 Å². The molecule has 1 aliphatic rings. The van der Waals surface area contributed by atoms with Crippen LogP contribution in [0.15, 0.2) is 11.0 Å². The Balaban J connectivity index is 2.45. The molecular formula is C12H16Cl2N2O2S. The summed E-state index contributed by atoms with van der Waals surface area (Å²) in [5.41, 5.74) is 1.14. The van der Waals surface area contributed by atoms with Gasteiger partial charge in [-0.25, -0.2) is 13.1 Å². The summed E-state index contributed by atoms with van der Waals surface area (Å²) in [5.74, 6) is 0. The van der Waals surface area contributed by atoms with Crippen LogP contribution in [0.5, 0.6) is 0 Å². The van der Waals surface area contributed by atoms with Crippen molar-refractivity contribution in [2.75, 3.05) is 13.1 Å². The van der Waals surface area contributed by atoms with E-state index in [1.807, 2.05) is 0 Å². The lowest BCUT2D eigenvalue weighted by molar-refractivity contribution is 0.559. The van der Waals surface area contributed by atoms with Crippen LogP contribution in [0, 0.1) is 13.8 Å². The maximum Gasteiger partial charge on any atom is 0.242 e. The van der Waals surface area contributed by atoms with Gasteiger partial charge in [0.1, 0.15) is 4.90 Å². The summed E-state index contributed by atoms with van der Waals surface area (Å²) in [6, 6.07) is 1.58. The number of hydrogen-bond donors (Lipinski definition) is 2. The van der Waals surface area contributed by atoms with Crippen LogP contribution in [0.2, 0.25) is 10.0 Å². The Bertz CT molecular complexity index is 570. The van der Waals surface area contributed by atoms with Gasteiger partial charge in [-0.1, -0.05) is 23.2 Å². The topological polar surface area (TPSA) is 58.2 Å². The average Bonchev–Trinajstić information content (AvgIpc) is 2.78. The molecule has 0 radical (unpaired) electrons. The molecule has 0 aromatic heterocycles. The zero-order valence-corrected chi connectivity index (χ0v) is 13.1. The molecule has 0 aliphatic carbocycles. The van der Waals surface area contributed by atoms with Crippen LogP contribution in [0.25, 0.3) is 0 Å². The van der Waals surface area contributed by atoms with E-state index < -0.39 is 10.0 Å². The van der Waals surface area contributed by atoms with Gasteiger partial charge in [-0.05, 0) is 44.0 Å². The fourth-order valence-electron chi connectivity index (χ4n) is 2.17. The maximum absolute atomic E-state index is 12.5. The van der Waals surface area contributed by atoms with E-state index in [4.69, 9.17) is 23.2 Å². The molecule has 0 amide bonds. The summed E-state index contributed by atoms with van der Waals surface area (Å²) in [4.78, 5) is 0.0890. The molecule has 1 aromatic rings. The van der Waals surface area contributed by atoms with Crippen molar-refractivity contribution >= 4 is 33.2 Å². The summed E-state index contributed by atoms with van der Waals surface area (Å²) in [6.45, 7) is 4.85. The molecule has 7 heteroatoms. The van der Waals surface area contributed by atoms with E-state index in [9.17, 15) is 8.42 Å². The highest BCUT2D eigenvalue weighted by atomic mass is 35.5. The van der Waals surface area contributed by atoms with Crippen LogP contribution >= 0.6 is 23.2 Å². The van der Waals surface area contributed by atoms with Crippen molar-refractivity contribution < 1.29 is 8.42 Å². The van der Waals surface area contributed by atoms with Crippen molar-refractivity contribution in [1.29, 1.82) is 0 Å². The molecule has 2 rings (SSSR count). The number of hydrogen-bond acceptors (Lipinski definition) is 3. The Morgan fingerprint density at radius 1 is 1.37 bits per heavy atom. The van der Waals surface area contributed by atoms with Gasteiger partial charge in [0.05, 0.1) is 5.02 Å². The maximum atomic E-state index is 12.5. The normalized spacial score (nSPS) is 19.9. The number of aryl methyl sites for hydroxylation is 1. The van der Waals surface area contributed by atoms with Crippen LogP contribution in [0.3, 0.4) is 0 Å². The Labute approximate surface area is 123 Å². The quantitative estimate of drug-likeness (QED) is 0.897. The molecule has 0 spiro atoms. The van der Waals surface area contributed by atoms with E-state index >= 15 is 0 Å². The van der Waals surface area contributed by atoms with Crippen molar-refractivity contribution in [3.63, 3.8) is 0 Å². The van der Waals surface area contributed by atoms with Gasteiger partial charge in [0, 0.05) is 17.6 Å². The van der Waals surface area contributed by atoms with Crippen LogP contribution in [0.1, 0.15) is 17.5 Å². The zero-order valence-electron chi connectivity index (χ0n) is 10.8. The van der Waals surface area contributed by atoms with E-state index in [1.54, 1.807) is 19.9 Å². The van der Waals surface area contributed by atoms with Crippen molar-refractivity contribution in [1.82, 2.24) is 10.0 Å². The third kappa shape index (κ3) is 3.06. The van der Waals surface area contributed by atoms with Crippen molar-refractivity contribution in [2.45, 2.75) is 31.2 Å². The number of benzene rings is 1. The first-order valence-corrected chi connectivity index (χ1v) is 8.25. The third-order valence-electron chi connectivity index (χ3n) is 3.24. The molecule has 0 bridgehead atoms. The lowest BCUT2D eigenvalue weighted by atomic mass is 10.2. The number of halogens is 2. The van der Waals surface area contributed by atoms with Crippen LogP contribution in [-0.2, 0) is 10.0 Å². The standard InChI is InChI=1S/C12H16Cl2N2O2S/c1-7-5-10(13)8(2)12(11(7)14)19(17,18)16-9-3-4-15-6-9/h5,9,15-16H,3-4,6H2,1-2H3/t9-/m0/s1. The molecule has 1 aromatic carbocycles. The highest BCUT2D eigenvalue weighted by Crippen LogP contribution is 2.33. The van der Waals surface area contributed by atoms with Gasteiger partial charge < -0.3 is 5.32 Å². The van der Waals surface area contributed by atoms with Gasteiger partial charge in [-0.3, -0.25) is 0 Å². The van der Waals surface area contributed by atoms with Crippen LogP contribution < -0.4 is 10.0 Å². The number of nitrogens with one attached hydrogen (secondary N) is 2. The van der Waals surface area contributed by atoms with Crippen molar-refractivity contribution in [3.05, 3.63) is 27.2 Å². The molecular weight excluding hydrogens is 307 g/mol. The summed E-state index contributed by atoms with van der Waals surface area (Å²) in [5, 5.41) is 3.76. The van der Waals surface area contributed by atoms with Crippen molar-refractivity contribution in [2.24, 2.45) is 0 Å². The molecule has 106 valence electrons. The molecule has 19 heavy (non-hydrogen) atoms. The van der Waals surface area contributed by atoms with Crippen LogP contribution in [0.4, 0.5) is 0 Å². The van der Waals surface area contributed by atoms with Crippen LogP contribution in [-0.4, -0.2) is 27.5 Å². The lowest BCUT2D eigenvalue weighted by Gasteiger charge is -2.16. The van der Waals surface area contributed by atoms with E-state index in [-0.39, 0.29) is 16.0 Å². The number of sulfonamides is 1. The molecule has 1 fully saturated rings. The van der Waals surface area contributed by atoms with Gasteiger partial charge in [-0.15, -0.1) is 0 Å². The largest absolute Gasteiger partial charge is 0.315 e. The highest BCUT2D eigenvalue weighted by molar-refractivity contribution is 7.89. The summed E-state index contributed by atoms with van der Waals surface area (Å²) >= 11 is 12.2. The molecule has 1 atom stereocenters. The molecule has 0 unspecified atom stereocenters. The summed E-state index contributed by atoms with van der Waals surface area (Å²) in [6.07, 6.45) is 0.773. The highest BCUT2D eigenvalue weighted by Gasteiger charge is 2.27. The molecule has 1 saturated heterocycles. The minimum Gasteiger partial charge on any atom is -0.315 e. The first-order valence-electron chi connectivity index (χ1n) is 6.01. The SMILES string of the molecule is Cc1cc(Cl)c(C)c(S(=O)(=O)N[C@H]2CCNC2)c1Cl. The monoisotopic (exact) mass is 322 g/mol. The number of rotatable bonds is 3. The van der Waals surface area contributed by atoms with E-state index in [0.29, 0.717) is 22.7 Å². The fourth-order valence-corrected chi connectivity index (χ4v) is 4.65. The van der Waals surface area contributed by atoms with Gasteiger partial charge in [0.15, 0.2) is 0 Å². The smallest absolute Gasteiger partial charge is 0.242 e. The van der Waals surface area contributed by atoms with Gasteiger partial charge >= 0.3 is 0 Å². The molecule has 1 heterocycles. The Hall–Kier alpha value is -0.330. The first-order chi connectivity index (χ1) is 8.83. The molecule has 4 nitrogen and oxygen atoms in total. The first kappa shape index (κ1) is 15.1. The Morgan fingerprint density at radius 3 is 2.63 bits per heavy atom. The zero-order chi connectivity index (χ0) is 14.2. The van der Waals surface area contributed by atoms with Gasteiger partial charge in [-0.2, -0.15) is 0 Å². The summed E-state index contributed by atoms with van der Waals surface area (Å²) < 4.78 is 27.6. The second kappa shape index (κ2) is 5.58. The Kier molecular flexibility index (Phi) is 4.42. The minimum atomic E-state index is -3.66. The van der Waals surface area contributed by atoms with E-state index in [2.05, 4.69) is 10.0 Å².